The molecule has 90 valence electrons. The average Bonchev–Trinajstić information content (AvgIpc) is 2.77. The Morgan fingerprint density at radius 3 is 2.94 bits per heavy atom. The molecule has 1 saturated heterocycles. The monoisotopic (exact) mass is 303 g/mol. The normalized spacial score (nSPS) is 29.8. The van der Waals surface area contributed by atoms with Gasteiger partial charge >= 0.3 is 0 Å². The smallest absolute Gasteiger partial charge is 0.0701 e. The number of halogens is 1. The molecule has 2 atom stereocenters. The summed E-state index contributed by atoms with van der Waals surface area (Å²) in [6, 6.07) is 4.35. The Kier molecular flexibility index (Phi) is 4.06. The topological polar surface area (TPSA) is 21.3 Å². The second-order valence-corrected chi connectivity index (χ2v) is 7.09. The van der Waals surface area contributed by atoms with Gasteiger partial charge in [-0.15, -0.1) is 11.3 Å². The lowest BCUT2D eigenvalue weighted by atomic mass is 9.78. The predicted molar refractivity (Wildman–Crippen MR) is 72.1 cm³/mol. The first-order chi connectivity index (χ1) is 7.66. The van der Waals surface area contributed by atoms with Crippen LogP contribution in [0, 0.1) is 5.41 Å². The fourth-order valence-corrected chi connectivity index (χ4v) is 4.13. The van der Waals surface area contributed by atoms with Crippen LogP contribution < -0.4 is 5.32 Å². The van der Waals surface area contributed by atoms with Crippen molar-refractivity contribution >= 4 is 27.3 Å². The number of nitrogens with one attached hydrogen (secondary N) is 1. The van der Waals surface area contributed by atoms with Gasteiger partial charge in [0.1, 0.15) is 0 Å². The molecule has 0 radical (unpaired) electrons. The van der Waals surface area contributed by atoms with Crippen molar-refractivity contribution in [2.45, 2.75) is 25.9 Å². The highest BCUT2D eigenvalue weighted by atomic mass is 79.9. The Bertz CT molecular complexity index is 355. The molecule has 2 rings (SSSR count). The van der Waals surface area contributed by atoms with Gasteiger partial charge in [0.25, 0.3) is 0 Å². The molecule has 0 spiro atoms. The van der Waals surface area contributed by atoms with Crippen LogP contribution in [0.15, 0.2) is 15.9 Å². The van der Waals surface area contributed by atoms with Crippen LogP contribution in [-0.4, -0.2) is 26.3 Å². The molecule has 0 aliphatic carbocycles. The fraction of sp³-hybridized carbons (Fsp3) is 0.667. The minimum Gasteiger partial charge on any atom is -0.378 e. The quantitative estimate of drug-likeness (QED) is 0.923. The molecular weight excluding hydrogens is 286 g/mol. The highest BCUT2D eigenvalue weighted by molar-refractivity contribution is 9.11. The van der Waals surface area contributed by atoms with E-state index in [4.69, 9.17) is 4.74 Å². The number of ether oxygens (including phenoxy) is 1. The lowest BCUT2D eigenvalue weighted by molar-refractivity contribution is 0.0644. The van der Waals surface area contributed by atoms with Crippen molar-refractivity contribution in [1.29, 1.82) is 0 Å². The first-order valence-electron chi connectivity index (χ1n) is 5.67. The first-order valence-corrected chi connectivity index (χ1v) is 7.28. The third kappa shape index (κ3) is 2.50. The Balaban J connectivity index is 2.14. The van der Waals surface area contributed by atoms with Crippen LogP contribution in [0.2, 0.25) is 0 Å². The Labute approximate surface area is 110 Å². The van der Waals surface area contributed by atoms with E-state index in [0.717, 1.165) is 26.0 Å². The van der Waals surface area contributed by atoms with E-state index in [0.29, 0.717) is 6.10 Å². The summed E-state index contributed by atoms with van der Waals surface area (Å²) in [5.41, 5.74) is 0.277. The summed E-state index contributed by atoms with van der Waals surface area (Å²) in [6.07, 6.45) is 2.62. The molecule has 1 aliphatic rings. The van der Waals surface area contributed by atoms with Gasteiger partial charge in [-0.25, -0.2) is 0 Å². The number of thiophene rings is 1. The van der Waals surface area contributed by atoms with Crippen LogP contribution in [0.3, 0.4) is 0 Å². The number of hydrogen-bond acceptors (Lipinski definition) is 3. The van der Waals surface area contributed by atoms with Crippen molar-refractivity contribution < 1.29 is 4.74 Å². The van der Waals surface area contributed by atoms with Crippen molar-refractivity contribution in [2.24, 2.45) is 5.41 Å². The van der Waals surface area contributed by atoms with Gasteiger partial charge in [-0.1, -0.05) is 0 Å². The van der Waals surface area contributed by atoms with Crippen LogP contribution in [-0.2, 0) is 11.2 Å². The molecule has 2 unspecified atom stereocenters. The molecule has 0 amide bonds. The summed E-state index contributed by atoms with van der Waals surface area (Å²) in [7, 11) is 2.02. The summed E-state index contributed by atoms with van der Waals surface area (Å²) < 4.78 is 6.97. The van der Waals surface area contributed by atoms with Gasteiger partial charge in [0, 0.05) is 23.4 Å². The van der Waals surface area contributed by atoms with Gasteiger partial charge in [-0.2, -0.15) is 0 Å². The average molecular weight is 304 g/mol. The van der Waals surface area contributed by atoms with Gasteiger partial charge in [0.2, 0.25) is 0 Å². The zero-order chi connectivity index (χ0) is 11.6. The van der Waals surface area contributed by atoms with E-state index in [1.54, 1.807) is 0 Å². The van der Waals surface area contributed by atoms with Crippen LogP contribution >= 0.6 is 27.3 Å². The minimum absolute atomic E-state index is 0.277. The minimum atomic E-state index is 0.277. The molecule has 4 heteroatoms. The van der Waals surface area contributed by atoms with Gasteiger partial charge in [-0.05, 0) is 54.9 Å². The zero-order valence-corrected chi connectivity index (χ0v) is 12.2. The zero-order valence-electron chi connectivity index (χ0n) is 9.75. The number of hydrogen-bond donors (Lipinski definition) is 1. The van der Waals surface area contributed by atoms with Crippen LogP contribution in [0.4, 0.5) is 0 Å². The number of rotatable bonds is 4. The lowest BCUT2D eigenvalue weighted by Gasteiger charge is -2.31. The van der Waals surface area contributed by atoms with Crippen LogP contribution in [0.25, 0.3) is 0 Å². The molecular formula is C12H18BrNOS. The van der Waals surface area contributed by atoms with Crippen molar-refractivity contribution in [3.63, 3.8) is 0 Å². The van der Waals surface area contributed by atoms with E-state index in [9.17, 15) is 0 Å². The molecule has 0 bridgehead atoms. The maximum absolute atomic E-state index is 5.75. The van der Waals surface area contributed by atoms with E-state index >= 15 is 0 Å². The van der Waals surface area contributed by atoms with E-state index in [-0.39, 0.29) is 5.41 Å². The highest BCUT2D eigenvalue weighted by Crippen LogP contribution is 2.39. The molecule has 1 aromatic heterocycles. The summed E-state index contributed by atoms with van der Waals surface area (Å²) in [4.78, 5) is 1.44. The Morgan fingerprint density at radius 2 is 2.44 bits per heavy atom. The molecule has 1 aromatic rings. The summed E-state index contributed by atoms with van der Waals surface area (Å²) in [5.74, 6) is 0. The molecule has 1 N–H and O–H groups in total. The van der Waals surface area contributed by atoms with Gasteiger partial charge in [0.05, 0.1) is 9.89 Å². The molecule has 0 aromatic carbocycles. The Morgan fingerprint density at radius 1 is 1.62 bits per heavy atom. The standard InChI is InChI=1S/C12H18BrNOS/c1-9-12(8-14-2,5-6-15-9)7-10-3-4-11(13)16-10/h3-4,9,14H,5-8H2,1-2H3. The lowest BCUT2D eigenvalue weighted by Crippen LogP contribution is -2.39. The van der Waals surface area contributed by atoms with E-state index < -0.39 is 0 Å². The van der Waals surface area contributed by atoms with Crippen LogP contribution in [0.1, 0.15) is 18.2 Å². The largest absolute Gasteiger partial charge is 0.378 e. The van der Waals surface area contributed by atoms with E-state index in [1.807, 2.05) is 18.4 Å². The maximum atomic E-state index is 5.75. The fourth-order valence-electron chi connectivity index (χ4n) is 2.49. The first kappa shape index (κ1) is 12.6. The predicted octanol–water partition coefficient (Wildman–Crippen LogP) is 3.07. The van der Waals surface area contributed by atoms with E-state index in [2.05, 4.69) is 40.3 Å². The van der Waals surface area contributed by atoms with Crippen molar-refractivity contribution in [2.75, 3.05) is 20.2 Å². The second kappa shape index (κ2) is 5.17. The van der Waals surface area contributed by atoms with Crippen LogP contribution in [0.5, 0.6) is 0 Å². The maximum Gasteiger partial charge on any atom is 0.0701 e. The summed E-state index contributed by atoms with van der Waals surface area (Å²) in [6.45, 7) is 4.13. The third-order valence-corrected chi connectivity index (χ3v) is 5.14. The molecule has 1 fully saturated rings. The van der Waals surface area contributed by atoms with Crippen molar-refractivity contribution in [3.05, 3.63) is 20.8 Å². The van der Waals surface area contributed by atoms with Gasteiger partial charge < -0.3 is 10.1 Å². The third-order valence-electron chi connectivity index (χ3n) is 3.51. The summed E-state index contributed by atoms with van der Waals surface area (Å²) in [5, 5.41) is 3.32. The van der Waals surface area contributed by atoms with E-state index in [1.165, 1.54) is 8.66 Å². The molecule has 16 heavy (non-hydrogen) atoms. The van der Waals surface area contributed by atoms with Crippen molar-refractivity contribution in [3.8, 4) is 0 Å². The summed E-state index contributed by atoms with van der Waals surface area (Å²) >= 11 is 5.36. The van der Waals surface area contributed by atoms with Crippen molar-refractivity contribution in [1.82, 2.24) is 5.32 Å². The molecule has 2 nitrogen and oxygen atoms in total. The second-order valence-electron chi connectivity index (χ2n) is 4.54. The molecule has 0 saturated carbocycles. The van der Waals surface area contributed by atoms with Gasteiger partial charge in [0.15, 0.2) is 0 Å². The van der Waals surface area contributed by atoms with Gasteiger partial charge in [-0.3, -0.25) is 0 Å². The Hall–Kier alpha value is 0.1000. The SMILES string of the molecule is CNCC1(Cc2ccc(Br)s2)CCOC1C. The molecule has 2 heterocycles. The highest BCUT2D eigenvalue weighted by Gasteiger charge is 2.41. The molecule has 1 aliphatic heterocycles.